The van der Waals surface area contributed by atoms with E-state index in [1.807, 2.05) is 27.7 Å². The number of amides is 1. The minimum Gasteiger partial charge on any atom is -0.444 e. The van der Waals surface area contributed by atoms with E-state index in [0.717, 1.165) is 25.4 Å². The summed E-state index contributed by atoms with van der Waals surface area (Å²) in [6.07, 6.45) is 6.31. The second-order valence-electron chi connectivity index (χ2n) is 7.30. The fourth-order valence-electron chi connectivity index (χ4n) is 2.64. The Labute approximate surface area is 130 Å². The summed E-state index contributed by atoms with van der Waals surface area (Å²) < 4.78 is 5.41. The van der Waals surface area contributed by atoms with E-state index < -0.39 is 5.60 Å². The first-order chi connectivity index (χ1) is 9.81. The Kier molecular flexibility index (Phi) is 7.50. The van der Waals surface area contributed by atoms with Gasteiger partial charge in [0.2, 0.25) is 0 Å². The van der Waals surface area contributed by atoms with Crippen LogP contribution < -0.4 is 5.32 Å². The number of hydrogen-bond acceptors (Lipinski definition) is 3. The van der Waals surface area contributed by atoms with Gasteiger partial charge in [-0.25, -0.2) is 4.79 Å². The Morgan fingerprint density at radius 2 is 2.05 bits per heavy atom. The molecule has 4 heteroatoms. The SMILES string of the molecule is CCN(CCCNC(C)CC1CCC1)C(=O)OC(C)(C)C. The van der Waals surface area contributed by atoms with Crippen molar-refractivity contribution in [2.45, 2.75) is 78.4 Å². The van der Waals surface area contributed by atoms with Crippen molar-refractivity contribution in [3.8, 4) is 0 Å². The zero-order chi connectivity index (χ0) is 15.9. The van der Waals surface area contributed by atoms with Crippen LogP contribution in [0.3, 0.4) is 0 Å². The van der Waals surface area contributed by atoms with Crippen LogP contribution in [0.15, 0.2) is 0 Å². The van der Waals surface area contributed by atoms with Gasteiger partial charge in [-0.2, -0.15) is 0 Å². The van der Waals surface area contributed by atoms with E-state index in [4.69, 9.17) is 4.74 Å². The quantitative estimate of drug-likeness (QED) is 0.693. The van der Waals surface area contributed by atoms with Crippen molar-refractivity contribution in [2.24, 2.45) is 5.92 Å². The molecule has 0 aliphatic heterocycles. The highest BCUT2D eigenvalue weighted by molar-refractivity contribution is 5.68. The topological polar surface area (TPSA) is 41.6 Å². The summed E-state index contributed by atoms with van der Waals surface area (Å²) in [7, 11) is 0. The molecule has 1 saturated carbocycles. The Hall–Kier alpha value is -0.770. The maximum absolute atomic E-state index is 12.0. The van der Waals surface area contributed by atoms with Crippen LogP contribution in [0.2, 0.25) is 0 Å². The monoisotopic (exact) mass is 298 g/mol. The minimum absolute atomic E-state index is 0.201. The molecule has 0 aromatic carbocycles. The Balaban J connectivity index is 2.14. The molecule has 1 aliphatic rings. The fourth-order valence-corrected chi connectivity index (χ4v) is 2.64. The van der Waals surface area contributed by atoms with Crippen LogP contribution in [0, 0.1) is 5.92 Å². The fraction of sp³-hybridized carbons (Fsp3) is 0.941. The number of nitrogens with zero attached hydrogens (tertiary/aromatic N) is 1. The van der Waals surface area contributed by atoms with E-state index >= 15 is 0 Å². The molecule has 0 heterocycles. The lowest BCUT2D eigenvalue weighted by molar-refractivity contribution is 0.0258. The number of hydrogen-bond donors (Lipinski definition) is 1. The molecule has 1 N–H and O–H groups in total. The number of carbonyl (C=O) groups is 1. The van der Waals surface area contributed by atoms with Gasteiger partial charge in [0.05, 0.1) is 0 Å². The molecule has 1 unspecified atom stereocenters. The number of nitrogens with one attached hydrogen (secondary N) is 1. The normalized spacial score (nSPS) is 17.2. The van der Waals surface area contributed by atoms with Crippen LogP contribution in [-0.4, -0.2) is 42.3 Å². The summed E-state index contributed by atoms with van der Waals surface area (Å²) in [5.74, 6) is 0.946. The molecule has 0 radical (unpaired) electrons. The molecule has 1 amide bonds. The van der Waals surface area contributed by atoms with Crippen molar-refractivity contribution in [3.05, 3.63) is 0 Å². The van der Waals surface area contributed by atoms with Crippen LogP contribution in [0.25, 0.3) is 0 Å². The van der Waals surface area contributed by atoms with Gasteiger partial charge in [0.25, 0.3) is 0 Å². The first-order valence-corrected chi connectivity index (χ1v) is 8.53. The van der Waals surface area contributed by atoms with Gasteiger partial charge in [-0.05, 0) is 59.9 Å². The lowest BCUT2D eigenvalue weighted by atomic mass is 9.81. The summed E-state index contributed by atoms with van der Waals surface area (Å²) in [5, 5.41) is 3.57. The molecular weight excluding hydrogens is 264 g/mol. The molecule has 0 spiro atoms. The number of rotatable bonds is 8. The largest absolute Gasteiger partial charge is 0.444 e. The number of ether oxygens (including phenoxy) is 1. The van der Waals surface area contributed by atoms with Crippen molar-refractivity contribution in [3.63, 3.8) is 0 Å². The minimum atomic E-state index is -0.417. The van der Waals surface area contributed by atoms with Gasteiger partial charge >= 0.3 is 6.09 Å². The Morgan fingerprint density at radius 3 is 2.52 bits per heavy atom. The molecular formula is C17H34N2O2. The molecule has 0 saturated heterocycles. The van der Waals surface area contributed by atoms with Crippen LogP contribution >= 0.6 is 0 Å². The maximum Gasteiger partial charge on any atom is 0.410 e. The summed E-state index contributed by atoms with van der Waals surface area (Å²) in [6.45, 7) is 12.4. The first kappa shape index (κ1) is 18.3. The lowest BCUT2D eigenvalue weighted by Crippen LogP contribution is -2.38. The van der Waals surface area contributed by atoms with Gasteiger partial charge in [0.1, 0.15) is 5.60 Å². The average Bonchev–Trinajstić information content (AvgIpc) is 2.31. The van der Waals surface area contributed by atoms with Crippen molar-refractivity contribution in [1.82, 2.24) is 10.2 Å². The third-order valence-electron chi connectivity index (χ3n) is 4.04. The lowest BCUT2D eigenvalue weighted by Gasteiger charge is -2.29. The zero-order valence-electron chi connectivity index (χ0n) is 14.6. The summed E-state index contributed by atoms with van der Waals surface area (Å²) in [5.41, 5.74) is -0.417. The van der Waals surface area contributed by atoms with Crippen LogP contribution in [0.5, 0.6) is 0 Å². The van der Waals surface area contributed by atoms with Crippen molar-refractivity contribution in [2.75, 3.05) is 19.6 Å². The van der Waals surface area contributed by atoms with E-state index in [1.54, 1.807) is 4.90 Å². The van der Waals surface area contributed by atoms with E-state index in [0.29, 0.717) is 12.6 Å². The van der Waals surface area contributed by atoms with Gasteiger partial charge in [0.15, 0.2) is 0 Å². The molecule has 0 aromatic rings. The molecule has 124 valence electrons. The second-order valence-corrected chi connectivity index (χ2v) is 7.30. The third kappa shape index (κ3) is 7.70. The van der Waals surface area contributed by atoms with Crippen molar-refractivity contribution >= 4 is 6.09 Å². The molecule has 0 aromatic heterocycles. The molecule has 21 heavy (non-hydrogen) atoms. The van der Waals surface area contributed by atoms with Crippen LogP contribution in [0.1, 0.15) is 66.7 Å². The van der Waals surface area contributed by atoms with Crippen LogP contribution in [0.4, 0.5) is 4.79 Å². The van der Waals surface area contributed by atoms with E-state index in [2.05, 4.69) is 12.2 Å². The maximum atomic E-state index is 12.0. The smallest absolute Gasteiger partial charge is 0.410 e. The number of carbonyl (C=O) groups excluding carboxylic acids is 1. The zero-order valence-corrected chi connectivity index (χ0v) is 14.6. The molecule has 0 bridgehead atoms. The highest BCUT2D eigenvalue weighted by Gasteiger charge is 2.21. The van der Waals surface area contributed by atoms with Crippen molar-refractivity contribution < 1.29 is 9.53 Å². The predicted octanol–water partition coefficient (Wildman–Crippen LogP) is 3.80. The van der Waals surface area contributed by atoms with E-state index in [9.17, 15) is 4.79 Å². The third-order valence-corrected chi connectivity index (χ3v) is 4.04. The Morgan fingerprint density at radius 1 is 1.38 bits per heavy atom. The molecule has 1 rings (SSSR count). The summed E-state index contributed by atoms with van der Waals surface area (Å²) >= 11 is 0. The summed E-state index contributed by atoms with van der Waals surface area (Å²) in [6, 6.07) is 0.590. The molecule has 1 fully saturated rings. The van der Waals surface area contributed by atoms with Gasteiger partial charge in [-0.15, -0.1) is 0 Å². The van der Waals surface area contributed by atoms with Crippen molar-refractivity contribution in [1.29, 1.82) is 0 Å². The Bertz CT molecular complexity index is 308. The highest BCUT2D eigenvalue weighted by atomic mass is 16.6. The first-order valence-electron chi connectivity index (χ1n) is 8.53. The molecule has 4 nitrogen and oxygen atoms in total. The molecule has 1 atom stereocenters. The van der Waals surface area contributed by atoms with Gasteiger partial charge in [-0.3, -0.25) is 0 Å². The summed E-state index contributed by atoms with van der Waals surface area (Å²) in [4.78, 5) is 13.8. The van der Waals surface area contributed by atoms with E-state index in [1.165, 1.54) is 25.7 Å². The van der Waals surface area contributed by atoms with Gasteiger partial charge in [0, 0.05) is 19.1 Å². The standard InChI is InChI=1S/C17H34N2O2/c1-6-19(16(20)21-17(3,4)5)12-8-11-18-14(2)13-15-9-7-10-15/h14-15,18H,6-13H2,1-5H3. The van der Waals surface area contributed by atoms with E-state index in [-0.39, 0.29) is 6.09 Å². The average molecular weight is 298 g/mol. The van der Waals surface area contributed by atoms with Gasteiger partial charge < -0.3 is 15.0 Å². The molecule has 1 aliphatic carbocycles. The van der Waals surface area contributed by atoms with Crippen LogP contribution in [-0.2, 0) is 4.74 Å². The van der Waals surface area contributed by atoms with Gasteiger partial charge in [-0.1, -0.05) is 19.3 Å². The predicted molar refractivity (Wildman–Crippen MR) is 87.5 cm³/mol. The second kappa shape index (κ2) is 8.62. The highest BCUT2D eigenvalue weighted by Crippen LogP contribution is 2.30.